The van der Waals surface area contributed by atoms with Gasteiger partial charge >= 0.3 is 0 Å². The molecule has 1 saturated carbocycles. The van der Waals surface area contributed by atoms with Gasteiger partial charge in [-0.25, -0.2) is 0 Å². The minimum absolute atomic E-state index is 0.0211. The Kier molecular flexibility index (Phi) is 2.35. The van der Waals surface area contributed by atoms with E-state index in [-0.39, 0.29) is 16.9 Å². The van der Waals surface area contributed by atoms with Gasteiger partial charge in [0.1, 0.15) is 0 Å². The Morgan fingerprint density at radius 1 is 1.36 bits per heavy atom. The van der Waals surface area contributed by atoms with Crippen LogP contribution in [0.2, 0.25) is 0 Å². The van der Waals surface area contributed by atoms with Gasteiger partial charge < -0.3 is 5.32 Å². The molecule has 4 atom stereocenters. The molecule has 1 saturated heterocycles. The third-order valence-electron chi connectivity index (χ3n) is 6.73. The summed E-state index contributed by atoms with van der Waals surface area (Å²) in [5, 5.41) is 3.58. The molecule has 4 aliphatic rings. The van der Waals surface area contributed by atoms with Crippen molar-refractivity contribution in [1.82, 2.24) is 4.90 Å². The lowest BCUT2D eigenvalue weighted by molar-refractivity contribution is -0.129. The van der Waals surface area contributed by atoms with Gasteiger partial charge in [-0.05, 0) is 31.0 Å². The fourth-order valence-electron chi connectivity index (χ4n) is 5.93. The molecule has 5 rings (SSSR count). The molecule has 0 bridgehead atoms. The molecule has 0 aromatic heterocycles. The number of carbonyl (C=O) groups is 1. The summed E-state index contributed by atoms with van der Waals surface area (Å²) in [6, 6.07) is 9.05. The number of benzene rings is 1. The van der Waals surface area contributed by atoms with Crippen LogP contribution >= 0.6 is 0 Å². The van der Waals surface area contributed by atoms with Crippen molar-refractivity contribution in [3.8, 4) is 0 Å². The number of Topliss-reactive ketones (excluding diaryl/α,β-unsaturated/α-hetero) is 1. The number of hydrogen-bond acceptors (Lipinski definition) is 3. The number of para-hydroxylation sites is 1. The zero-order chi connectivity index (χ0) is 14.9. The topological polar surface area (TPSA) is 32.3 Å². The van der Waals surface area contributed by atoms with Crippen LogP contribution in [0, 0.1) is 5.41 Å². The molecule has 1 aliphatic carbocycles. The van der Waals surface area contributed by atoms with Gasteiger partial charge in [0.05, 0.1) is 6.04 Å². The van der Waals surface area contributed by atoms with Crippen molar-refractivity contribution in [1.29, 1.82) is 0 Å². The summed E-state index contributed by atoms with van der Waals surface area (Å²) in [6.07, 6.45) is 7.50. The van der Waals surface area contributed by atoms with Gasteiger partial charge in [0, 0.05) is 35.5 Å². The first-order valence-corrected chi connectivity index (χ1v) is 8.52. The number of ketones is 1. The van der Waals surface area contributed by atoms with Crippen LogP contribution < -0.4 is 5.32 Å². The second-order valence-electron chi connectivity index (χ2n) is 7.44. The molecule has 1 N–H and O–H groups in total. The Morgan fingerprint density at radius 2 is 2.23 bits per heavy atom. The Bertz CT molecular complexity index is 696. The van der Waals surface area contributed by atoms with Gasteiger partial charge in [0.15, 0.2) is 5.78 Å². The molecule has 114 valence electrons. The first-order chi connectivity index (χ1) is 10.7. The quantitative estimate of drug-likeness (QED) is 0.808. The Hall–Kier alpha value is -1.61. The van der Waals surface area contributed by atoms with Crippen molar-refractivity contribution in [2.75, 3.05) is 18.4 Å². The average Bonchev–Trinajstić information content (AvgIpc) is 3.10. The maximum absolute atomic E-state index is 13.0. The molecular formula is C19H22N2O. The molecule has 22 heavy (non-hydrogen) atoms. The highest BCUT2D eigenvalue weighted by Crippen LogP contribution is 2.61. The van der Waals surface area contributed by atoms with E-state index in [1.54, 1.807) is 0 Å². The van der Waals surface area contributed by atoms with Gasteiger partial charge in [-0.3, -0.25) is 9.69 Å². The van der Waals surface area contributed by atoms with Crippen LogP contribution in [-0.4, -0.2) is 35.9 Å². The molecule has 2 fully saturated rings. The van der Waals surface area contributed by atoms with Crippen LogP contribution in [0.4, 0.5) is 5.69 Å². The standard InChI is InChI=1S/C19H22N2O/c1-2-18-8-5-10-21-11-9-19(17(18)21)13-6-3-4-7-14(13)20-16(19)15(22)12-18/h3-8,16-17,20H,2,9-12H2,1H3/t16-,17-,18-,19-/m0/s1. The van der Waals surface area contributed by atoms with Crippen LogP contribution in [0.5, 0.6) is 0 Å². The summed E-state index contributed by atoms with van der Waals surface area (Å²) in [4.78, 5) is 15.7. The normalized spacial score (nSPS) is 41.8. The largest absolute Gasteiger partial charge is 0.374 e. The van der Waals surface area contributed by atoms with Crippen LogP contribution in [0.15, 0.2) is 36.4 Å². The highest BCUT2D eigenvalue weighted by molar-refractivity contribution is 5.94. The van der Waals surface area contributed by atoms with Crippen LogP contribution in [0.1, 0.15) is 31.7 Å². The molecule has 3 aliphatic heterocycles. The average molecular weight is 294 g/mol. The number of hydrogen-bond donors (Lipinski definition) is 1. The zero-order valence-corrected chi connectivity index (χ0v) is 13.0. The number of nitrogens with zero attached hydrogens (tertiary/aromatic N) is 1. The molecule has 1 aromatic rings. The molecule has 1 spiro atoms. The lowest BCUT2D eigenvalue weighted by Crippen LogP contribution is -2.65. The fourth-order valence-corrected chi connectivity index (χ4v) is 5.93. The predicted molar refractivity (Wildman–Crippen MR) is 87.0 cm³/mol. The molecule has 3 heteroatoms. The van der Waals surface area contributed by atoms with Crippen molar-refractivity contribution in [2.24, 2.45) is 5.41 Å². The van der Waals surface area contributed by atoms with E-state index < -0.39 is 0 Å². The Morgan fingerprint density at radius 3 is 3.09 bits per heavy atom. The Balaban J connectivity index is 1.79. The van der Waals surface area contributed by atoms with E-state index >= 15 is 0 Å². The second-order valence-corrected chi connectivity index (χ2v) is 7.44. The summed E-state index contributed by atoms with van der Waals surface area (Å²) in [6.45, 7) is 4.40. The predicted octanol–water partition coefficient (Wildman–Crippen LogP) is 2.73. The number of anilines is 1. The van der Waals surface area contributed by atoms with Crippen LogP contribution in [0.3, 0.4) is 0 Å². The van der Waals surface area contributed by atoms with Crippen molar-refractivity contribution < 1.29 is 4.79 Å². The lowest BCUT2D eigenvalue weighted by atomic mass is 9.53. The van der Waals surface area contributed by atoms with Crippen LogP contribution in [-0.2, 0) is 10.2 Å². The molecule has 0 amide bonds. The number of carbonyl (C=O) groups excluding carboxylic acids is 1. The third kappa shape index (κ3) is 1.26. The summed E-state index contributed by atoms with van der Waals surface area (Å²) < 4.78 is 0. The Labute approximate surface area is 131 Å². The minimum Gasteiger partial charge on any atom is -0.374 e. The highest BCUT2D eigenvalue weighted by Gasteiger charge is 2.67. The summed E-state index contributed by atoms with van der Waals surface area (Å²) >= 11 is 0. The summed E-state index contributed by atoms with van der Waals surface area (Å²) in [7, 11) is 0. The van der Waals surface area contributed by atoms with Gasteiger partial charge in [-0.2, -0.15) is 0 Å². The van der Waals surface area contributed by atoms with E-state index in [1.807, 2.05) is 0 Å². The van der Waals surface area contributed by atoms with Gasteiger partial charge in [-0.1, -0.05) is 37.3 Å². The third-order valence-corrected chi connectivity index (χ3v) is 6.73. The molecule has 1 aromatic carbocycles. The maximum Gasteiger partial charge on any atom is 0.156 e. The second kappa shape index (κ2) is 4.02. The van der Waals surface area contributed by atoms with E-state index in [1.165, 1.54) is 11.3 Å². The molecule has 0 radical (unpaired) electrons. The molecular weight excluding hydrogens is 272 g/mol. The zero-order valence-electron chi connectivity index (χ0n) is 13.0. The molecule has 3 heterocycles. The minimum atomic E-state index is -0.0222. The summed E-state index contributed by atoms with van der Waals surface area (Å²) in [5.74, 6) is 0.405. The fraction of sp³-hybridized carbons (Fsp3) is 0.526. The first kappa shape index (κ1) is 12.9. The lowest BCUT2D eigenvalue weighted by Gasteiger charge is -2.54. The first-order valence-electron chi connectivity index (χ1n) is 8.52. The highest BCUT2D eigenvalue weighted by atomic mass is 16.1. The van der Waals surface area contributed by atoms with Crippen molar-refractivity contribution in [2.45, 2.75) is 43.7 Å². The van der Waals surface area contributed by atoms with E-state index in [0.717, 1.165) is 25.9 Å². The number of rotatable bonds is 1. The van der Waals surface area contributed by atoms with E-state index in [9.17, 15) is 4.79 Å². The van der Waals surface area contributed by atoms with E-state index in [2.05, 4.69) is 53.6 Å². The van der Waals surface area contributed by atoms with Crippen molar-refractivity contribution >= 4 is 11.5 Å². The van der Waals surface area contributed by atoms with E-state index in [0.29, 0.717) is 18.2 Å². The van der Waals surface area contributed by atoms with Gasteiger partial charge in [0.2, 0.25) is 0 Å². The van der Waals surface area contributed by atoms with Gasteiger partial charge in [-0.15, -0.1) is 0 Å². The van der Waals surface area contributed by atoms with Crippen LogP contribution in [0.25, 0.3) is 0 Å². The van der Waals surface area contributed by atoms with E-state index in [4.69, 9.17) is 0 Å². The number of nitrogens with one attached hydrogen (secondary N) is 1. The molecule has 3 nitrogen and oxygen atoms in total. The smallest absolute Gasteiger partial charge is 0.156 e. The molecule has 0 unspecified atom stereocenters. The monoisotopic (exact) mass is 294 g/mol. The number of fused-ring (bicyclic) bond motifs is 1. The van der Waals surface area contributed by atoms with Crippen molar-refractivity contribution in [3.63, 3.8) is 0 Å². The van der Waals surface area contributed by atoms with Gasteiger partial charge in [0.25, 0.3) is 0 Å². The summed E-state index contributed by atoms with van der Waals surface area (Å²) in [5.41, 5.74) is 2.58. The SMILES string of the molecule is CC[C@]12C=CCN3CC[C@@]4(c5ccccc5N[C@H]4C(=O)C1)[C@@H]32. The van der Waals surface area contributed by atoms with Crippen molar-refractivity contribution in [3.05, 3.63) is 42.0 Å². The maximum atomic E-state index is 13.0.